The molecule has 1 nitrogen and oxygen atoms in total. The van der Waals surface area contributed by atoms with Crippen molar-refractivity contribution in [3.05, 3.63) is 20.8 Å². The first-order valence-corrected chi connectivity index (χ1v) is 5.09. The number of hydrogen-bond donors (Lipinski definition) is 0. The Morgan fingerprint density at radius 2 is 2.38 bits per heavy atom. The molecule has 0 aromatic carbocycles. The molecule has 1 heterocycles. The van der Waals surface area contributed by atoms with Gasteiger partial charge in [0.2, 0.25) is 0 Å². The van der Waals surface area contributed by atoms with Crippen molar-refractivity contribution in [1.29, 1.82) is 0 Å². The van der Waals surface area contributed by atoms with Gasteiger partial charge in [-0.1, -0.05) is 17.5 Å². The number of hydrogen-bond acceptors (Lipinski definition) is 2. The molecular formula is C10H9ClOS. The maximum atomic E-state index is 11.5. The van der Waals surface area contributed by atoms with Crippen molar-refractivity contribution in [3.8, 4) is 11.8 Å². The number of aryl methyl sites for hydroxylation is 1. The Bertz CT molecular complexity index is 381. The topological polar surface area (TPSA) is 17.1 Å². The average molecular weight is 213 g/mol. The van der Waals surface area contributed by atoms with Crippen molar-refractivity contribution in [2.24, 2.45) is 0 Å². The molecule has 0 amide bonds. The van der Waals surface area contributed by atoms with Gasteiger partial charge < -0.3 is 0 Å². The zero-order valence-corrected chi connectivity index (χ0v) is 9.05. The molecule has 0 saturated carbocycles. The van der Waals surface area contributed by atoms with E-state index in [0.29, 0.717) is 9.90 Å². The third-order valence-electron chi connectivity index (χ3n) is 1.58. The minimum atomic E-state index is 0.0115. The monoisotopic (exact) mass is 212 g/mol. The molecule has 0 fully saturated rings. The lowest BCUT2D eigenvalue weighted by Crippen LogP contribution is -1.94. The number of carbonyl (C=O) groups is 1. The van der Waals surface area contributed by atoms with Crippen LogP contribution in [0.2, 0.25) is 5.02 Å². The van der Waals surface area contributed by atoms with Crippen LogP contribution in [-0.4, -0.2) is 5.78 Å². The Labute approximate surface area is 86.7 Å². The highest BCUT2D eigenvalue weighted by molar-refractivity contribution is 7.13. The van der Waals surface area contributed by atoms with Gasteiger partial charge in [0, 0.05) is 0 Å². The smallest absolute Gasteiger partial charge is 0.186 e. The zero-order chi connectivity index (χ0) is 9.84. The van der Waals surface area contributed by atoms with Gasteiger partial charge >= 0.3 is 0 Å². The Hall–Kier alpha value is -0.780. The van der Waals surface area contributed by atoms with Gasteiger partial charge in [-0.3, -0.25) is 4.79 Å². The molecule has 0 aliphatic carbocycles. The Morgan fingerprint density at radius 1 is 1.69 bits per heavy atom. The highest BCUT2D eigenvalue weighted by atomic mass is 35.5. The predicted octanol–water partition coefficient (Wildman–Crippen LogP) is 3.31. The van der Waals surface area contributed by atoms with Crippen molar-refractivity contribution in [2.75, 3.05) is 0 Å². The molecule has 68 valence electrons. The molecule has 13 heavy (non-hydrogen) atoms. The van der Waals surface area contributed by atoms with Gasteiger partial charge in [-0.25, -0.2) is 0 Å². The van der Waals surface area contributed by atoms with E-state index >= 15 is 0 Å². The number of ketones is 1. The number of carbonyl (C=O) groups excluding carboxylic acids is 1. The molecule has 0 atom stereocenters. The van der Waals surface area contributed by atoms with Crippen molar-refractivity contribution in [1.82, 2.24) is 0 Å². The average Bonchev–Trinajstić information content (AvgIpc) is 2.44. The molecule has 1 rings (SSSR count). The largest absolute Gasteiger partial charge is 0.292 e. The second-order valence-electron chi connectivity index (χ2n) is 2.59. The predicted molar refractivity (Wildman–Crippen MR) is 56.5 cm³/mol. The molecule has 0 saturated heterocycles. The molecule has 0 N–H and O–H groups in total. The van der Waals surface area contributed by atoms with Crippen LogP contribution in [0, 0.1) is 18.8 Å². The quantitative estimate of drug-likeness (QED) is 0.543. The second-order valence-corrected chi connectivity index (χ2v) is 3.85. The van der Waals surface area contributed by atoms with Crippen LogP contribution in [0.15, 0.2) is 5.38 Å². The maximum Gasteiger partial charge on any atom is 0.186 e. The van der Waals surface area contributed by atoms with Gasteiger partial charge in [0.15, 0.2) is 5.78 Å². The Morgan fingerprint density at radius 3 is 2.85 bits per heavy atom. The normalized spacial score (nSPS) is 9.15. The van der Waals surface area contributed by atoms with Crippen LogP contribution in [0.1, 0.15) is 28.6 Å². The van der Waals surface area contributed by atoms with Crippen LogP contribution in [0.5, 0.6) is 0 Å². The summed E-state index contributed by atoms with van der Waals surface area (Å²) in [6.07, 6.45) is 0.260. The lowest BCUT2D eigenvalue weighted by atomic mass is 10.2. The van der Waals surface area contributed by atoms with Crippen molar-refractivity contribution in [3.63, 3.8) is 0 Å². The van der Waals surface area contributed by atoms with Crippen LogP contribution in [0.3, 0.4) is 0 Å². The third-order valence-corrected chi connectivity index (χ3v) is 3.32. The van der Waals surface area contributed by atoms with Crippen LogP contribution in [0.4, 0.5) is 0 Å². The number of thiophene rings is 1. The SMILES string of the molecule is CC#CCC(=O)c1scc(C)c1Cl. The first-order valence-electron chi connectivity index (χ1n) is 3.83. The summed E-state index contributed by atoms with van der Waals surface area (Å²) in [5.41, 5.74) is 0.958. The minimum absolute atomic E-state index is 0.0115. The van der Waals surface area contributed by atoms with Crippen molar-refractivity contribution < 1.29 is 4.79 Å². The van der Waals surface area contributed by atoms with Crippen LogP contribution in [0.25, 0.3) is 0 Å². The molecule has 0 unspecified atom stereocenters. The van der Waals surface area contributed by atoms with Gasteiger partial charge in [0.1, 0.15) is 0 Å². The van der Waals surface area contributed by atoms with E-state index in [1.807, 2.05) is 12.3 Å². The number of halogens is 1. The first kappa shape index (κ1) is 10.3. The molecule has 0 spiro atoms. The van der Waals surface area contributed by atoms with E-state index in [0.717, 1.165) is 5.56 Å². The molecule has 0 aliphatic rings. The van der Waals surface area contributed by atoms with Crippen LogP contribution >= 0.6 is 22.9 Å². The van der Waals surface area contributed by atoms with Gasteiger partial charge in [-0.05, 0) is 24.8 Å². The van der Waals surface area contributed by atoms with Gasteiger partial charge in [-0.15, -0.1) is 17.3 Å². The summed E-state index contributed by atoms with van der Waals surface area (Å²) in [5.74, 6) is 5.43. The van der Waals surface area contributed by atoms with E-state index in [9.17, 15) is 4.79 Å². The van der Waals surface area contributed by atoms with Crippen LogP contribution in [-0.2, 0) is 0 Å². The van der Waals surface area contributed by atoms with E-state index in [2.05, 4.69) is 11.8 Å². The summed E-state index contributed by atoms with van der Waals surface area (Å²) < 4.78 is 0. The summed E-state index contributed by atoms with van der Waals surface area (Å²) in [4.78, 5) is 12.1. The fourth-order valence-electron chi connectivity index (χ4n) is 0.867. The maximum absolute atomic E-state index is 11.5. The zero-order valence-electron chi connectivity index (χ0n) is 7.48. The summed E-state index contributed by atoms with van der Waals surface area (Å²) in [6.45, 7) is 3.61. The third kappa shape index (κ3) is 2.33. The first-order chi connectivity index (χ1) is 6.16. The van der Waals surface area contributed by atoms with E-state index in [1.165, 1.54) is 11.3 Å². The molecule has 0 bridgehead atoms. The van der Waals surface area contributed by atoms with Crippen LogP contribution < -0.4 is 0 Å². The Kier molecular flexibility index (Phi) is 3.53. The molecule has 0 aliphatic heterocycles. The lowest BCUT2D eigenvalue weighted by molar-refractivity contribution is 0.100. The van der Waals surface area contributed by atoms with E-state index < -0.39 is 0 Å². The van der Waals surface area contributed by atoms with E-state index in [4.69, 9.17) is 11.6 Å². The fourth-order valence-corrected chi connectivity index (χ4v) is 2.11. The highest BCUT2D eigenvalue weighted by Crippen LogP contribution is 2.27. The van der Waals surface area contributed by atoms with Crippen molar-refractivity contribution in [2.45, 2.75) is 20.3 Å². The number of Topliss-reactive ketones (excluding diaryl/α,β-unsaturated/α-hetero) is 1. The van der Waals surface area contributed by atoms with E-state index in [-0.39, 0.29) is 12.2 Å². The number of rotatable bonds is 2. The molecule has 1 aromatic rings. The standard InChI is InChI=1S/C10H9ClOS/c1-3-4-5-8(12)10-9(11)7(2)6-13-10/h6H,5H2,1-2H3. The minimum Gasteiger partial charge on any atom is -0.292 e. The summed E-state index contributed by atoms with van der Waals surface area (Å²) in [5, 5.41) is 2.46. The summed E-state index contributed by atoms with van der Waals surface area (Å²) in [6, 6.07) is 0. The molecule has 0 radical (unpaired) electrons. The van der Waals surface area contributed by atoms with E-state index in [1.54, 1.807) is 6.92 Å². The summed E-state index contributed by atoms with van der Waals surface area (Å²) >= 11 is 7.31. The molecular weight excluding hydrogens is 204 g/mol. The Balaban J connectivity index is 2.87. The van der Waals surface area contributed by atoms with Gasteiger partial charge in [0.25, 0.3) is 0 Å². The summed E-state index contributed by atoms with van der Waals surface area (Å²) in [7, 11) is 0. The fraction of sp³-hybridized carbons (Fsp3) is 0.300. The van der Waals surface area contributed by atoms with Crippen molar-refractivity contribution >= 4 is 28.7 Å². The van der Waals surface area contributed by atoms with Gasteiger partial charge in [0.05, 0.1) is 16.3 Å². The lowest BCUT2D eigenvalue weighted by Gasteiger charge is -1.92. The molecule has 3 heteroatoms. The van der Waals surface area contributed by atoms with Gasteiger partial charge in [-0.2, -0.15) is 0 Å². The second kappa shape index (κ2) is 4.45. The molecule has 1 aromatic heterocycles. The highest BCUT2D eigenvalue weighted by Gasteiger charge is 2.12.